The molecule has 6 heteroatoms. The summed E-state index contributed by atoms with van der Waals surface area (Å²) in [5.41, 5.74) is 1.94. The van der Waals surface area contributed by atoms with Crippen LogP contribution in [0.15, 0.2) is 15.9 Å². The van der Waals surface area contributed by atoms with E-state index in [2.05, 4.69) is 37.8 Å². The van der Waals surface area contributed by atoms with Crippen molar-refractivity contribution in [3.05, 3.63) is 37.2 Å². The number of hydrogen-bond donors (Lipinski definition) is 1. The van der Waals surface area contributed by atoms with E-state index in [0.29, 0.717) is 0 Å². The zero-order chi connectivity index (χ0) is 13.1. The second kappa shape index (κ2) is 6.19. The highest BCUT2D eigenvalue weighted by atomic mass is 79.9. The van der Waals surface area contributed by atoms with Crippen LogP contribution in [0.1, 0.15) is 16.3 Å². The zero-order valence-corrected chi connectivity index (χ0v) is 13.5. The molecule has 0 aliphatic heterocycles. The average molecular weight is 349 g/mol. The lowest BCUT2D eigenvalue weighted by atomic mass is 10.4. The van der Waals surface area contributed by atoms with E-state index in [-0.39, 0.29) is 0 Å². The van der Waals surface area contributed by atoms with Gasteiger partial charge in [0, 0.05) is 27.8 Å². The second-order valence-corrected chi connectivity index (χ2v) is 6.41. The minimum Gasteiger partial charge on any atom is -0.310 e. The van der Waals surface area contributed by atoms with Crippen molar-refractivity contribution in [2.75, 3.05) is 6.54 Å². The molecule has 18 heavy (non-hydrogen) atoms. The van der Waals surface area contributed by atoms with Crippen molar-refractivity contribution >= 4 is 38.9 Å². The second-order valence-electron chi connectivity index (χ2n) is 4.12. The first kappa shape index (κ1) is 14.1. The van der Waals surface area contributed by atoms with E-state index in [0.717, 1.165) is 40.5 Å². The van der Waals surface area contributed by atoms with E-state index in [1.807, 2.05) is 18.5 Å². The molecule has 2 heterocycles. The third kappa shape index (κ3) is 3.35. The van der Waals surface area contributed by atoms with Crippen molar-refractivity contribution in [3.63, 3.8) is 0 Å². The molecule has 0 fully saturated rings. The molecule has 1 N–H and O–H groups in total. The summed E-state index contributed by atoms with van der Waals surface area (Å²) >= 11 is 11.3. The third-order valence-corrected chi connectivity index (χ3v) is 4.96. The number of nitrogens with one attached hydrogen (secondary N) is 1. The Morgan fingerprint density at radius 2 is 2.28 bits per heavy atom. The molecule has 0 bridgehead atoms. The highest BCUT2D eigenvalue weighted by molar-refractivity contribution is 9.10. The fourth-order valence-corrected chi connectivity index (χ4v) is 3.29. The summed E-state index contributed by atoms with van der Waals surface area (Å²) in [5.74, 6) is 0. The summed E-state index contributed by atoms with van der Waals surface area (Å²) in [5, 5.41) is 10.7. The van der Waals surface area contributed by atoms with Crippen LogP contribution in [0.3, 0.4) is 0 Å². The number of aromatic nitrogens is 2. The SMILES string of the molecule is Cc1nn(CCNCc2cc(Br)cs2)c(C)c1Cl. The van der Waals surface area contributed by atoms with E-state index >= 15 is 0 Å². The maximum atomic E-state index is 6.10. The van der Waals surface area contributed by atoms with Crippen LogP contribution in [0.25, 0.3) is 0 Å². The third-order valence-electron chi connectivity index (χ3n) is 2.71. The number of halogens is 2. The lowest BCUT2D eigenvalue weighted by Crippen LogP contribution is -2.20. The van der Waals surface area contributed by atoms with E-state index in [1.165, 1.54) is 4.88 Å². The van der Waals surface area contributed by atoms with Gasteiger partial charge >= 0.3 is 0 Å². The van der Waals surface area contributed by atoms with Gasteiger partial charge in [-0.25, -0.2) is 0 Å². The Hall–Kier alpha value is -0.360. The van der Waals surface area contributed by atoms with Gasteiger partial charge < -0.3 is 5.32 Å². The lowest BCUT2D eigenvalue weighted by molar-refractivity contribution is 0.544. The van der Waals surface area contributed by atoms with Crippen LogP contribution >= 0.6 is 38.9 Å². The number of thiophene rings is 1. The highest BCUT2D eigenvalue weighted by Crippen LogP contribution is 2.20. The number of hydrogen-bond acceptors (Lipinski definition) is 3. The molecular weight excluding hydrogens is 334 g/mol. The molecule has 2 rings (SSSR count). The van der Waals surface area contributed by atoms with Crippen molar-refractivity contribution in [2.24, 2.45) is 0 Å². The molecule has 0 saturated heterocycles. The first-order valence-corrected chi connectivity index (χ1v) is 7.76. The van der Waals surface area contributed by atoms with Gasteiger partial charge in [0.15, 0.2) is 0 Å². The van der Waals surface area contributed by atoms with Gasteiger partial charge in [-0.3, -0.25) is 4.68 Å². The van der Waals surface area contributed by atoms with Gasteiger partial charge in [-0.15, -0.1) is 11.3 Å². The van der Waals surface area contributed by atoms with Crippen LogP contribution in [0.4, 0.5) is 0 Å². The Morgan fingerprint density at radius 3 is 2.83 bits per heavy atom. The van der Waals surface area contributed by atoms with Crippen LogP contribution in [0.5, 0.6) is 0 Å². The Bertz CT molecular complexity index is 535. The van der Waals surface area contributed by atoms with E-state index in [1.54, 1.807) is 11.3 Å². The first-order valence-electron chi connectivity index (χ1n) is 5.71. The zero-order valence-electron chi connectivity index (χ0n) is 10.3. The van der Waals surface area contributed by atoms with E-state index < -0.39 is 0 Å². The van der Waals surface area contributed by atoms with Crippen molar-refractivity contribution < 1.29 is 0 Å². The summed E-state index contributed by atoms with van der Waals surface area (Å²) in [7, 11) is 0. The van der Waals surface area contributed by atoms with E-state index in [4.69, 9.17) is 11.6 Å². The molecule has 0 atom stereocenters. The van der Waals surface area contributed by atoms with Gasteiger partial charge in [-0.2, -0.15) is 5.10 Å². The minimum atomic E-state index is 0.775. The summed E-state index contributed by atoms with van der Waals surface area (Å²) in [6.07, 6.45) is 0. The van der Waals surface area contributed by atoms with Crippen LogP contribution in [0, 0.1) is 13.8 Å². The minimum absolute atomic E-state index is 0.775. The van der Waals surface area contributed by atoms with Crippen LogP contribution < -0.4 is 5.32 Å². The molecule has 2 aromatic rings. The summed E-state index contributed by atoms with van der Waals surface area (Å²) in [4.78, 5) is 1.33. The number of rotatable bonds is 5. The largest absolute Gasteiger partial charge is 0.310 e. The van der Waals surface area contributed by atoms with Crippen LogP contribution in [-0.2, 0) is 13.1 Å². The van der Waals surface area contributed by atoms with E-state index in [9.17, 15) is 0 Å². The molecule has 3 nitrogen and oxygen atoms in total. The Kier molecular flexibility index (Phi) is 4.84. The fraction of sp³-hybridized carbons (Fsp3) is 0.417. The van der Waals surface area contributed by atoms with Gasteiger partial charge in [0.1, 0.15) is 0 Å². The Balaban J connectivity index is 1.80. The molecule has 2 aromatic heterocycles. The molecule has 0 radical (unpaired) electrons. The van der Waals surface area contributed by atoms with Crippen molar-refractivity contribution in [1.82, 2.24) is 15.1 Å². The molecule has 0 amide bonds. The maximum Gasteiger partial charge on any atom is 0.0844 e. The lowest BCUT2D eigenvalue weighted by Gasteiger charge is -2.05. The molecular formula is C12H15BrClN3S. The molecule has 0 aliphatic carbocycles. The molecule has 0 spiro atoms. The molecule has 0 aliphatic rings. The van der Waals surface area contributed by atoms with Crippen molar-refractivity contribution in [2.45, 2.75) is 26.9 Å². The summed E-state index contributed by atoms with van der Waals surface area (Å²) in [6.45, 7) is 6.55. The normalized spacial score (nSPS) is 11.1. The summed E-state index contributed by atoms with van der Waals surface area (Å²) < 4.78 is 3.10. The van der Waals surface area contributed by atoms with Gasteiger partial charge in [0.2, 0.25) is 0 Å². The van der Waals surface area contributed by atoms with Gasteiger partial charge in [-0.05, 0) is 35.8 Å². The highest BCUT2D eigenvalue weighted by Gasteiger charge is 2.08. The standard InChI is InChI=1S/C12H15BrClN3S/c1-8-12(14)9(2)17(16-8)4-3-15-6-11-5-10(13)7-18-11/h5,7,15H,3-4,6H2,1-2H3. The topological polar surface area (TPSA) is 29.9 Å². The summed E-state index contributed by atoms with van der Waals surface area (Å²) in [6, 6.07) is 2.14. The van der Waals surface area contributed by atoms with Gasteiger partial charge in [0.05, 0.1) is 23.0 Å². The maximum absolute atomic E-state index is 6.10. The Morgan fingerprint density at radius 1 is 1.50 bits per heavy atom. The molecule has 0 saturated carbocycles. The van der Waals surface area contributed by atoms with Crippen LogP contribution in [0.2, 0.25) is 5.02 Å². The molecule has 0 aromatic carbocycles. The number of aryl methyl sites for hydroxylation is 1. The quantitative estimate of drug-likeness (QED) is 0.834. The predicted molar refractivity (Wildman–Crippen MR) is 80.4 cm³/mol. The monoisotopic (exact) mass is 347 g/mol. The molecule has 0 unspecified atom stereocenters. The first-order chi connectivity index (χ1) is 8.58. The number of nitrogens with zero attached hydrogens (tertiary/aromatic N) is 2. The molecule has 98 valence electrons. The smallest absolute Gasteiger partial charge is 0.0844 e. The average Bonchev–Trinajstić information content (AvgIpc) is 2.85. The van der Waals surface area contributed by atoms with Gasteiger partial charge in [0.25, 0.3) is 0 Å². The Labute approximate surface area is 124 Å². The predicted octanol–water partition coefficient (Wildman–Crippen LogP) is 3.77. The fourth-order valence-electron chi connectivity index (χ4n) is 1.74. The van der Waals surface area contributed by atoms with Crippen molar-refractivity contribution in [3.8, 4) is 0 Å². The van der Waals surface area contributed by atoms with Crippen LogP contribution in [-0.4, -0.2) is 16.3 Å². The van der Waals surface area contributed by atoms with Crippen molar-refractivity contribution in [1.29, 1.82) is 0 Å². The van der Waals surface area contributed by atoms with Gasteiger partial charge in [-0.1, -0.05) is 11.6 Å².